The second-order valence-corrected chi connectivity index (χ2v) is 5.80. The van der Waals surface area contributed by atoms with Crippen molar-refractivity contribution in [1.82, 2.24) is 10.2 Å². The van der Waals surface area contributed by atoms with E-state index >= 15 is 0 Å². The van der Waals surface area contributed by atoms with Crippen LogP contribution in [0.1, 0.15) is 32.1 Å². The van der Waals surface area contributed by atoms with Crippen molar-refractivity contribution in [3.8, 4) is 0 Å². The van der Waals surface area contributed by atoms with E-state index in [4.69, 9.17) is 4.74 Å². The standard InChI is InChI=1S/C15H26N2O2/c1-3-6-17(7-8-19-2)15(18)11-12-9-13-4-5-14(10-12)16-13/h3,12-14,16H,1,4-11H2,2H3. The Kier molecular flexibility index (Phi) is 5.40. The summed E-state index contributed by atoms with van der Waals surface area (Å²) in [7, 11) is 1.67. The van der Waals surface area contributed by atoms with E-state index in [2.05, 4.69) is 11.9 Å². The minimum atomic E-state index is 0.253. The molecule has 1 amide bonds. The Balaban J connectivity index is 1.82. The van der Waals surface area contributed by atoms with Gasteiger partial charge in [0.15, 0.2) is 0 Å². The molecule has 2 saturated heterocycles. The highest BCUT2D eigenvalue weighted by Crippen LogP contribution is 2.32. The van der Waals surface area contributed by atoms with Crippen molar-refractivity contribution in [2.24, 2.45) is 5.92 Å². The van der Waals surface area contributed by atoms with Gasteiger partial charge in [-0.3, -0.25) is 4.79 Å². The molecule has 2 aliphatic rings. The number of hydrogen-bond acceptors (Lipinski definition) is 3. The molecule has 2 heterocycles. The number of carbonyl (C=O) groups is 1. The third-order valence-corrected chi connectivity index (χ3v) is 4.30. The highest BCUT2D eigenvalue weighted by Gasteiger charge is 2.34. The molecule has 0 aromatic heterocycles. The highest BCUT2D eigenvalue weighted by atomic mass is 16.5. The molecule has 2 bridgehead atoms. The molecule has 1 N–H and O–H groups in total. The Bertz CT molecular complexity index is 307. The van der Waals surface area contributed by atoms with Gasteiger partial charge in [-0.15, -0.1) is 6.58 Å². The second kappa shape index (κ2) is 7.06. The summed E-state index contributed by atoms with van der Waals surface area (Å²) in [5.74, 6) is 0.810. The van der Waals surface area contributed by atoms with Gasteiger partial charge in [0.1, 0.15) is 0 Å². The Labute approximate surface area is 116 Å². The normalized spacial score (nSPS) is 29.2. The predicted octanol–water partition coefficient (Wildman–Crippen LogP) is 1.57. The van der Waals surface area contributed by atoms with Crippen LogP contribution < -0.4 is 5.32 Å². The largest absolute Gasteiger partial charge is 0.383 e. The predicted molar refractivity (Wildman–Crippen MR) is 75.9 cm³/mol. The zero-order valence-corrected chi connectivity index (χ0v) is 11.9. The fraction of sp³-hybridized carbons (Fsp3) is 0.800. The molecule has 0 saturated carbocycles. The van der Waals surface area contributed by atoms with Gasteiger partial charge in [-0.05, 0) is 31.6 Å². The van der Waals surface area contributed by atoms with E-state index < -0.39 is 0 Å². The van der Waals surface area contributed by atoms with E-state index in [-0.39, 0.29) is 5.91 Å². The smallest absolute Gasteiger partial charge is 0.223 e. The summed E-state index contributed by atoms with van der Waals surface area (Å²) < 4.78 is 5.06. The number of carbonyl (C=O) groups excluding carboxylic acids is 1. The average Bonchev–Trinajstić information content (AvgIpc) is 2.73. The Morgan fingerprint density at radius 3 is 2.68 bits per heavy atom. The summed E-state index contributed by atoms with van der Waals surface area (Å²) in [6.45, 7) is 5.61. The van der Waals surface area contributed by atoms with Crippen molar-refractivity contribution in [3.05, 3.63) is 12.7 Å². The quantitative estimate of drug-likeness (QED) is 0.711. The van der Waals surface area contributed by atoms with Crippen LogP contribution in [0.15, 0.2) is 12.7 Å². The summed E-state index contributed by atoms with van der Waals surface area (Å²) in [4.78, 5) is 14.2. The Morgan fingerprint density at radius 2 is 2.11 bits per heavy atom. The molecule has 0 radical (unpaired) electrons. The third kappa shape index (κ3) is 4.05. The van der Waals surface area contributed by atoms with Crippen LogP contribution >= 0.6 is 0 Å². The first kappa shape index (κ1) is 14.5. The van der Waals surface area contributed by atoms with Crippen LogP contribution in [-0.4, -0.2) is 49.7 Å². The summed E-state index contributed by atoms with van der Waals surface area (Å²) in [6.07, 6.45) is 7.37. The van der Waals surface area contributed by atoms with Crippen molar-refractivity contribution >= 4 is 5.91 Å². The third-order valence-electron chi connectivity index (χ3n) is 4.30. The van der Waals surface area contributed by atoms with E-state index in [1.54, 1.807) is 13.2 Å². The first-order chi connectivity index (χ1) is 9.22. The fourth-order valence-electron chi connectivity index (χ4n) is 3.39. The number of hydrogen-bond donors (Lipinski definition) is 1. The monoisotopic (exact) mass is 266 g/mol. The lowest BCUT2D eigenvalue weighted by Crippen LogP contribution is -2.41. The molecule has 2 rings (SSSR count). The summed E-state index contributed by atoms with van der Waals surface area (Å²) in [6, 6.07) is 1.31. The van der Waals surface area contributed by atoms with Crippen LogP contribution in [0.4, 0.5) is 0 Å². The van der Waals surface area contributed by atoms with Gasteiger partial charge in [-0.2, -0.15) is 0 Å². The SMILES string of the molecule is C=CCN(CCOC)C(=O)CC1CC2CCC(C1)N2. The molecule has 2 aliphatic heterocycles. The fourth-order valence-corrected chi connectivity index (χ4v) is 3.39. The van der Waals surface area contributed by atoms with Crippen molar-refractivity contribution in [3.63, 3.8) is 0 Å². The minimum Gasteiger partial charge on any atom is -0.383 e. The van der Waals surface area contributed by atoms with Gasteiger partial charge >= 0.3 is 0 Å². The summed E-state index contributed by atoms with van der Waals surface area (Å²) in [5.41, 5.74) is 0. The number of amides is 1. The lowest BCUT2D eigenvalue weighted by molar-refractivity contribution is -0.132. The topological polar surface area (TPSA) is 41.6 Å². The van der Waals surface area contributed by atoms with Crippen LogP contribution in [0.25, 0.3) is 0 Å². The maximum absolute atomic E-state index is 12.3. The van der Waals surface area contributed by atoms with E-state index in [1.165, 1.54) is 12.8 Å². The molecule has 4 heteroatoms. The number of methoxy groups -OCH3 is 1. The molecule has 4 nitrogen and oxygen atoms in total. The molecule has 0 aromatic carbocycles. The Morgan fingerprint density at radius 1 is 1.42 bits per heavy atom. The number of ether oxygens (including phenoxy) is 1. The lowest BCUT2D eigenvalue weighted by atomic mass is 9.89. The summed E-state index contributed by atoms with van der Waals surface area (Å²) >= 11 is 0. The zero-order chi connectivity index (χ0) is 13.7. The molecule has 19 heavy (non-hydrogen) atoms. The number of fused-ring (bicyclic) bond motifs is 2. The second-order valence-electron chi connectivity index (χ2n) is 5.80. The van der Waals surface area contributed by atoms with Crippen LogP contribution in [0.2, 0.25) is 0 Å². The maximum atomic E-state index is 12.3. The Hall–Kier alpha value is -0.870. The van der Waals surface area contributed by atoms with Gasteiger partial charge < -0.3 is 15.0 Å². The molecule has 2 atom stereocenters. The van der Waals surface area contributed by atoms with Gasteiger partial charge in [0.05, 0.1) is 6.61 Å². The molecular formula is C15H26N2O2. The van der Waals surface area contributed by atoms with Gasteiger partial charge in [-0.1, -0.05) is 6.08 Å². The van der Waals surface area contributed by atoms with Crippen molar-refractivity contribution < 1.29 is 9.53 Å². The summed E-state index contributed by atoms with van der Waals surface area (Å²) in [5, 5.41) is 3.62. The first-order valence-electron chi connectivity index (χ1n) is 7.36. The van der Waals surface area contributed by atoms with E-state index in [9.17, 15) is 4.79 Å². The van der Waals surface area contributed by atoms with E-state index in [0.717, 1.165) is 12.8 Å². The van der Waals surface area contributed by atoms with Crippen molar-refractivity contribution in [1.29, 1.82) is 0 Å². The van der Waals surface area contributed by atoms with Crippen LogP contribution in [0, 0.1) is 5.92 Å². The van der Waals surface area contributed by atoms with E-state index in [0.29, 0.717) is 44.1 Å². The van der Waals surface area contributed by atoms with Gasteiger partial charge in [0.25, 0.3) is 0 Å². The number of nitrogens with one attached hydrogen (secondary N) is 1. The van der Waals surface area contributed by atoms with Crippen LogP contribution in [0.3, 0.4) is 0 Å². The molecule has 0 aliphatic carbocycles. The zero-order valence-electron chi connectivity index (χ0n) is 11.9. The average molecular weight is 266 g/mol. The number of rotatable bonds is 7. The number of nitrogens with zero attached hydrogens (tertiary/aromatic N) is 1. The molecular weight excluding hydrogens is 240 g/mol. The molecule has 2 unspecified atom stereocenters. The van der Waals surface area contributed by atoms with Crippen molar-refractivity contribution in [2.45, 2.75) is 44.2 Å². The molecule has 0 aromatic rings. The van der Waals surface area contributed by atoms with Gasteiger partial charge in [0, 0.05) is 38.7 Å². The lowest BCUT2D eigenvalue weighted by Gasteiger charge is -2.30. The number of piperidine rings is 1. The maximum Gasteiger partial charge on any atom is 0.223 e. The van der Waals surface area contributed by atoms with E-state index in [1.807, 2.05) is 4.90 Å². The minimum absolute atomic E-state index is 0.253. The van der Waals surface area contributed by atoms with Gasteiger partial charge in [0.2, 0.25) is 5.91 Å². The highest BCUT2D eigenvalue weighted by molar-refractivity contribution is 5.76. The molecule has 108 valence electrons. The first-order valence-corrected chi connectivity index (χ1v) is 7.36. The molecule has 0 spiro atoms. The van der Waals surface area contributed by atoms with Gasteiger partial charge in [-0.25, -0.2) is 0 Å². The van der Waals surface area contributed by atoms with Crippen LogP contribution in [0.5, 0.6) is 0 Å². The van der Waals surface area contributed by atoms with Crippen molar-refractivity contribution in [2.75, 3.05) is 26.8 Å². The molecule has 2 fully saturated rings. The van der Waals surface area contributed by atoms with Crippen LogP contribution in [-0.2, 0) is 9.53 Å².